The Kier molecular flexibility index (Phi) is 3.53. The van der Waals surface area contributed by atoms with Gasteiger partial charge in [-0.3, -0.25) is 4.79 Å². The Hall–Kier alpha value is -0.570. The predicted molar refractivity (Wildman–Crippen MR) is 65.3 cm³/mol. The average Bonchev–Trinajstić information content (AvgIpc) is 2.27. The van der Waals surface area contributed by atoms with E-state index in [1.165, 1.54) is 38.9 Å². The summed E-state index contributed by atoms with van der Waals surface area (Å²) in [5.74, 6) is 0.335. The first-order valence-electron chi connectivity index (χ1n) is 6.69. The van der Waals surface area contributed by atoms with Gasteiger partial charge in [-0.05, 0) is 38.9 Å². The minimum Gasteiger partial charge on any atom is -0.341 e. The lowest BCUT2D eigenvalue weighted by Crippen LogP contribution is -2.61. The minimum absolute atomic E-state index is 0.335. The lowest BCUT2D eigenvalue weighted by Gasteiger charge is -2.54. The maximum absolute atomic E-state index is 11.5. The van der Waals surface area contributed by atoms with Crippen LogP contribution < -0.4 is 0 Å². The zero-order chi connectivity index (χ0) is 11.6. The van der Waals surface area contributed by atoms with Gasteiger partial charge >= 0.3 is 0 Å². The number of likely N-dealkylation sites (tertiary alicyclic amines) is 2. The normalized spacial score (nSPS) is 24.5. The number of amides is 1. The highest BCUT2D eigenvalue weighted by molar-refractivity contribution is 5.76. The van der Waals surface area contributed by atoms with E-state index >= 15 is 0 Å². The molecule has 0 saturated carbocycles. The first-order valence-corrected chi connectivity index (χ1v) is 6.69. The molecule has 2 aliphatic heterocycles. The molecular weight excluding hydrogens is 200 g/mol. The number of carbonyl (C=O) groups excluding carboxylic acids is 1. The Morgan fingerprint density at radius 3 is 2.31 bits per heavy atom. The van der Waals surface area contributed by atoms with Gasteiger partial charge in [0.25, 0.3) is 0 Å². The van der Waals surface area contributed by atoms with Gasteiger partial charge in [-0.25, -0.2) is 0 Å². The molecule has 0 aromatic heterocycles. The van der Waals surface area contributed by atoms with Gasteiger partial charge in [-0.2, -0.15) is 0 Å². The molecule has 2 heterocycles. The third kappa shape index (κ3) is 2.24. The van der Waals surface area contributed by atoms with Gasteiger partial charge in [0.15, 0.2) is 0 Å². The summed E-state index contributed by atoms with van der Waals surface area (Å²) in [7, 11) is 0. The van der Waals surface area contributed by atoms with Crippen LogP contribution in [0.25, 0.3) is 0 Å². The SMILES string of the molecule is CCCN1CCC2(CC1)CN(C(=O)CC)C2. The third-order valence-corrected chi connectivity index (χ3v) is 4.16. The molecule has 0 bridgehead atoms. The fourth-order valence-electron chi connectivity index (χ4n) is 3.05. The Morgan fingerprint density at radius 1 is 1.19 bits per heavy atom. The van der Waals surface area contributed by atoms with Crippen LogP contribution in [0.5, 0.6) is 0 Å². The minimum atomic E-state index is 0.335. The Labute approximate surface area is 98.8 Å². The number of hydrogen-bond donors (Lipinski definition) is 0. The number of rotatable bonds is 3. The van der Waals surface area contributed by atoms with Crippen molar-refractivity contribution in [1.29, 1.82) is 0 Å². The van der Waals surface area contributed by atoms with Gasteiger partial charge in [0.2, 0.25) is 5.91 Å². The van der Waals surface area contributed by atoms with E-state index in [9.17, 15) is 4.79 Å². The van der Waals surface area contributed by atoms with Gasteiger partial charge in [0, 0.05) is 24.9 Å². The summed E-state index contributed by atoms with van der Waals surface area (Å²) in [6, 6.07) is 0. The lowest BCUT2D eigenvalue weighted by atomic mass is 9.72. The lowest BCUT2D eigenvalue weighted by molar-refractivity contribution is -0.146. The molecule has 0 aromatic rings. The average molecular weight is 224 g/mol. The summed E-state index contributed by atoms with van der Waals surface area (Å²) in [6.07, 6.45) is 4.51. The summed E-state index contributed by atoms with van der Waals surface area (Å²) in [5.41, 5.74) is 0.495. The molecule has 1 amide bonds. The zero-order valence-corrected chi connectivity index (χ0v) is 10.7. The molecule has 1 spiro atoms. The molecule has 2 saturated heterocycles. The summed E-state index contributed by atoms with van der Waals surface area (Å²) >= 11 is 0. The summed E-state index contributed by atoms with van der Waals surface area (Å²) in [5, 5.41) is 0. The van der Waals surface area contributed by atoms with Crippen LogP contribution in [-0.4, -0.2) is 48.4 Å². The van der Waals surface area contributed by atoms with Crippen molar-refractivity contribution in [3.63, 3.8) is 0 Å². The molecule has 2 rings (SSSR count). The molecule has 0 atom stereocenters. The van der Waals surface area contributed by atoms with Crippen LogP contribution in [-0.2, 0) is 4.79 Å². The molecule has 2 aliphatic rings. The van der Waals surface area contributed by atoms with Crippen LogP contribution in [0.4, 0.5) is 0 Å². The molecule has 3 nitrogen and oxygen atoms in total. The van der Waals surface area contributed by atoms with Gasteiger partial charge < -0.3 is 9.80 Å². The van der Waals surface area contributed by atoms with Crippen molar-refractivity contribution in [2.45, 2.75) is 39.5 Å². The molecule has 0 aromatic carbocycles. The number of carbonyl (C=O) groups is 1. The van der Waals surface area contributed by atoms with E-state index in [0.717, 1.165) is 13.1 Å². The van der Waals surface area contributed by atoms with Crippen LogP contribution in [0.1, 0.15) is 39.5 Å². The third-order valence-electron chi connectivity index (χ3n) is 4.16. The van der Waals surface area contributed by atoms with E-state index in [0.29, 0.717) is 17.7 Å². The van der Waals surface area contributed by atoms with Crippen molar-refractivity contribution in [3.8, 4) is 0 Å². The van der Waals surface area contributed by atoms with Crippen LogP contribution in [0.2, 0.25) is 0 Å². The monoisotopic (exact) mass is 224 g/mol. The van der Waals surface area contributed by atoms with Crippen molar-refractivity contribution in [1.82, 2.24) is 9.80 Å². The van der Waals surface area contributed by atoms with Crippen molar-refractivity contribution < 1.29 is 4.79 Å². The van der Waals surface area contributed by atoms with E-state index in [4.69, 9.17) is 0 Å². The molecule has 92 valence electrons. The topological polar surface area (TPSA) is 23.6 Å². The molecule has 0 radical (unpaired) electrons. The van der Waals surface area contributed by atoms with E-state index in [-0.39, 0.29) is 0 Å². The van der Waals surface area contributed by atoms with E-state index in [1.807, 2.05) is 11.8 Å². The van der Waals surface area contributed by atoms with E-state index in [1.54, 1.807) is 0 Å². The molecule has 0 aliphatic carbocycles. The molecule has 0 N–H and O–H groups in total. The first kappa shape index (κ1) is 11.9. The quantitative estimate of drug-likeness (QED) is 0.729. The highest BCUT2D eigenvalue weighted by Gasteiger charge is 2.45. The van der Waals surface area contributed by atoms with Crippen molar-refractivity contribution in [2.75, 3.05) is 32.7 Å². The Balaban J connectivity index is 1.76. The highest BCUT2D eigenvalue weighted by Crippen LogP contribution is 2.40. The molecule has 0 unspecified atom stereocenters. The van der Waals surface area contributed by atoms with Crippen LogP contribution in [0.15, 0.2) is 0 Å². The second-order valence-electron chi connectivity index (χ2n) is 5.44. The van der Waals surface area contributed by atoms with Crippen LogP contribution >= 0.6 is 0 Å². The zero-order valence-electron chi connectivity index (χ0n) is 10.7. The fraction of sp³-hybridized carbons (Fsp3) is 0.923. The van der Waals surface area contributed by atoms with Crippen LogP contribution in [0.3, 0.4) is 0 Å². The first-order chi connectivity index (χ1) is 7.69. The second-order valence-corrected chi connectivity index (χ2v) is 5.44. The second kappa shape index (κ2) is 4.74. The number of hydrogen-bond acceptors (Lipinski definition) is 2. The standard InChI is InChI=1S/C13H24N2O/c1-3-7-14-8-5-13(6-9-14)10-15(11-13)12(16)4-2/h3-11H2,1-2H3. The largest absolute Gasteiger partial charge is 0.341 e. The van der Waals surface area contributed by atoms with Crippen molar-refractivity contribution in [2.24, 2.45) is 5.41 Å². The van der Waals surface area contributed by atoms with E-state index < -0.39 is 0 Å². The molecule has 16 heavy (non-hydrogen) atoms. The molecule has 2 fully saturated rings. The van der Waals surface area contributed by atoms with Crippen LogP contribution in [0, 0.1) is 5.41 Å². The van der Waals surface area contributed by atoms with Crippen molar-refractivity contribution >= 4 is 5.91 Å². The number of nitrogens with zero attached hydrogens (tertiary/aromatic N) is 2. The smallest absolute Gasteiger partial charge is 0.222 e. The summed E-state index contributed by atoms with van der Waals surface area (Å²) < 4.78 is 0. The molecular formula is C13H24N2O. The highest BCUT2D eigenvalue weighted by atomic mass is 16.2. The van der Waals surface area contributed by atoms with Gasteiger partial charge in [0.05, 0.1) is 0 Å². The maximum atomic E-state index is 11.5. The Morgan fingerprint density at radius 2 is 1.81 bits per heavy atom. The van der Waals surface area contributed by atoms with Crippen molar-refractivity contribution in [3.05, 3.63) is 0 Å². The summed E-state index contributed by atoms with van der Waals surface area (Å²) in [4.78, 5) is 16.1. The van der Waals surface area contributed by atoms with Gasteiger partial charge in [-0.1, -0.05) is 13.8 Å². The maximum Gasteiger partial charge on any atom is 0.222 e. The van der Waals surface area contributed by atoms with Gasteiger partial charge in [-0.15, -0.1) is 0 Å². The Bertz CT molecular complexity index is 249. The summed E-state index contributed by atoms with van der Waals surface area (Å²) in [6.45, 7) is 9.98. The van der Waals surface area contributed by atoms with Gasteiger partial charge in [0.1, 0.15) is 0 Å². The predicted octanol–water partition coefficient (Wildman–Crippen LogP) is 1.73. The fourth-order valence-corrected chi connectivity index (χ4v) is 3.05. The molecule has 3 heteroatoms. The number of piperidine rings is 1. The van der Waals surface area contributed by atoms with E-state index in [2.05, 4.69) is 11.8 Å².